The van der Waals surface area contributed by atoms with Crippen LogP contribution in [0.15, 0.2) is 12.2 Å². The van der Waals surface area contributed by atoms with E-state index in [2.05, 4.69) is 27.3 Å². The van der Waals surface area contributed by atoms with Gasteiger partial charge >= 0.3 is 0 Å². The first-order valence-corrected chi connectivity index (χ1v) is 32.5. The number of likely N-dealkylation sites (N-methyl/N-ethyl adjacent to an activating group) is 7. The molecule has 1 rings (SSSR count). The van der Waals surface area contributed by atoms with Crippen LogP contribution in [0.1, 0.15) is 175 Å². The van der Waals surface area contributed by atoms with E-state index in [1.165, 1.54) is 87.7 Å². The number of nitriles is 1. The summed E-state index contributed by atoms with van der Waals surface area (Å²) in [6, 6.07) is -10.4. The van der Waals surface area contributed by atoms with Gasteiger partial charge in [0.2, 0.25) is 65.0 Å². The monoisotopic (exact) mass is 1270 g/mol. The smallest absolute Gasteiger partial charge is 0.246 e. The first-order chi connectivity index (χ1) is 41.7. The molecule has 1 aliphatic rings. The summed E-state index contributed by atoms with van der Waals surface area (Å²) < 4.78 is 0. The summed E-state index contributed by atoms with van der Waals surface area (Å²) in [6.45, 7) is 27.5. The van der Waals surface area contributed by atoms with Gasteiger partial charge in [0.05, 0.1) is 18.7 Å². The fourth-order valence-corrected chi connectivity index (χ4v) is 11.2. The van der Waals surface area contributed by atoms with Gasteiger partial charge in [-0.1, -0.05) is 109 Å². The van der Waals surface area contributed by atoms with Crippen molar-refractivity contribution in [2.75, 3.05) is 55.9 Å². The number of aliphatic hydroxyl groups excluding tert-OH is 1. The molecule has 1 aliphatic heterocycles. The predicted octanol–water partition coefficient (Wildman–Crippen LogP) is 4.33. The van der Waals surface area contributed by atoms with Crippen LogP contribution >= 0.6 is 0 Å². The maximum Gasteiger partial charge on any atom is 0.246 e. The highest BCUT2D eigenvalue weighted by molar-refractivity contribution is 5.99. The lowest BCUT2D eigenvalue weighted by atomic mass is 9.91. The van der Waals surface area contributed by atoms with E-state index in [0.717, 1.165) is 16.2 Å². The van der Waals surface area contributed by atoms with Crippen molar-refractivity contribution in [3.05, 3.63) is 12.2 Å². The third-order valence-corrected chi connectivity index (χ3v) is 16.9. The first-order valence-electron chi connectivity index (χ1n) is 32.5. The van der Waals surface area contributed by atoms with Gasteiger partial charge in [0.1, 0.15) is 60.4 Å². The molecule has 0 saturated carbocycles. The molecule has 1 fully saturated rings. The van der Waals surface area contributed by atoms with Gasteiger partial charge in [0, 0.05) is 55.8 Å². The quantitative estimate of drug-likeness (QED) is 0.0890. The van der Waals surface area contributed by atoms with E-state index in [0.29, 0.717) is 19.3 Å². The minimum Gasteiger partial charge on any atom is -0.390 e. The van der Waals surface area contributed by atoms with Crippen LogP contribution in [0.25, 0.3) is 0 Å². The van der Waals surface area contributed by atoms with E-state index in [1.807, 2.05) is 67.5 Å². The molecule has 0 unspecified atom stereocenters. The minimum atomic E-state index is -1.65. The number of nitrogens with one attached hydrogen (secondary N) is 4. The fraction of sp³-hybridized carbons (Fsp3) is 0.788. The molecule has 90 heavy (non-hydrogen) atoms. The zero-order valence-corrected chi connectivity index (χ0v) is 58.8. The van der Waals surface area contributed by atoms with Crippen LogP contribution < -0.4 is 21.3 Å². The molecule has 0 aromatic heterocycles. The lowest BCUT2D eigenvalue weighted by Gasteiger charge is -2.41. The van der Waals surface area contributed by atoms with Gasteiger partial charge in [-0.3, -0.25) is 52.7 Å². The Morgan fingerprint density at radius 2 is 0.933 bits per heavy atom. The summed E-state index contributed by atoms with van der Waals surface area (Å²) in [4.78, 5) is 169. The van der Waals surface area contributed by atoms with Gasteiger partial charge < -0.3 is 60.7 Å². The Hall–Kier alpha value is -6.64. The molecule has 0 radical (unpaired) electrons. The van der Waals surface area contributed by atoms with Gasteiger partial charge in [-0.15, -0.1) is 0 Å². The molecule has 512 valence electrons. The number of carbonyl (C=O) groups excluding carboxylic acids is 11. The van der Waals surface area contributed by atoms with Crippen molar-refractivity contribution < 1.29 is 57.8 Å². The number of allylic oxidation sites excluding steroid dienone is 2. The number of unbranched alkanes of at least 4 members (excludes halogenated alkanes) is 3. The zero-order chi connectivity index (χ0) is 69.5. The van der Waals surface area contributed by atoms with Crippen LogP contribution in [0.2, 0.25) is 0 Å². The summed E-state index contributed by atoms with van der Waals surface area (Å²) in [5.74, 6) is -9.95. The Balaban J connectivity index is 4.34. The van der Waals surface area contributed by atoms with E-state index < -0.39 is 156 Å². The molecule has 1 heterocycles. The Labute approximate surface area is 538 Å². The molecule has 5 N–H and O–H groups in total. The van der Waals surface area contributed by atoms with Crippen molar-refractivity contribution in [2.24, 2.45) is 41.4 Å². The van der Waals surface area contributed by atoms with E-state index in [-0.39, 0.29) is 62.2 Å². The average Bonchev–Trinajstić information content (AvgIpc) is 0.858. The molecule has 11 amide bonds. The van der Waals surface area contributed by atoms with Crippen molar-refractivity contribution in [1.82, 2.24) is 55.6 Å². The molecule has 0 aromatic rings. The lowest BCUT2D eigenvalue weighted by Crippen LogP contribution is -2.63. The van der Waals surface area contributed by atoms with Crippen LogP contribution in [0.4, 0.5) is 0 Å². The van der Waals surface area contributed by atoms with Crippen LogP contribution in [0.5, 0.6) is 0 Å². The normalized spacial score (nSPS) is 26.0. The van der Waals surface area contributed by atoms with Crippen LogP contribution in [-0.4, -0.2) is 227 Å². The molecule has 0 aromatic carbocycles. The van der Waals surface area contributed by atoms with Gasteiger partial charge in [0.25, 0.3) is 0 Å². The van der Waals surface area contributed by atoms with Gasteiger partial charge in [-0.25, -0.2) is 0 Å². The van der Waals surface area contributed by atoms with E-state index >= 15 is 14.4 Å². The largest absolute Gasteiger partial charge is 0.390 e. The number of hydrogen-bond donors (Lipinski definition) is 5. The molecule has 0 spiro atoms. The number of carbonyl (C=O) groups is 11. The van der Waals surface area contributed by atoms with Crippen molar-refractivity contribution in [3.8, 4) is 6.07 Å². The lowest BCUT2D eigenvalue weighted by molar-refractivity contribution is -0.157. The summed E-state index contributed by atoms with van der Waals surface area (Å²) >= 11 is 0. The number of amides is 11. The molecule has 24 heteroatoms. The first kappa shape index (κ1) is 81.4. The van der Waals surface area contributed by atoms with Crippen LogP contribution in [-0.2, 0) is 52.7 Å². The minimum absolute atomic E-state index is 0.00498. The second-order valence-corrected chi connectivity index (χ2v) is 27.4. The molecular formula is C66H116N12O12. The highest BCUT2D eigenvalue weighted by Gasteiger charge is 2.46. The predicted molar refractivity (Wildman–Crippen MR) is 347 cm³/mol. The van der Waals surface area contributed by atoms with Crippen molar-refractivity contribution in [3.63, 3.8) is 0 Å². The summed E-state index contributed by atoms with van der Waals surface area (Å²) in [5.41, 5.74) is 0. The van der Waals surface area contributed by atoms with Gasteiger partial charge in [0.15, 0.2) is 0 Å². The standard InChI is InChI=1S/C66H116N12O12/c1-24-47-62(86)72(17)37-52(79)73(18)48(33-38(2)3)59(83)71-53(42(10)11)65(89)74(19)49(34-39(4)5)58(82)68-45(15)57(81)69-46(16)61(85)75(20)50(35-40(6)7)63(87)76(21)51(36-41(8)9)64(88)77(22)54(43(12)13)66(90)78(23)55(60(84)70-47)56(80)44(14)31-29-27-25-26-28-30-32-67/h27,29,38-51,53-56,80H,24-26,28,30-31,33-37H2,1-23H3,(H,68,82)(H,69,81)(H,70,84)(H,71,83)/b29-27+/t44-,45+,46-,47+,48+,49+,50+,51+,53+,54+,55+,56-/m1/s1. The molecule has 24 nitrogen and oxygen atoms in total. The third kappa shape index (κ3) is 23.9. The van der Waals surface area contributed by atoms with Crippen molar-refractivity contribution >= 4 is 65.0 Å². The van der Waals surface area contributed by atoms with Crippen molar-refractivity contribution in [1.29, 1.82) is 5.26 Å². The topological polar surface area (TPSA) is 303 Å². The molecule has 12 atom stereocenters. The Kier molecular flexibility index (Phi) is 34.6. The summed E-state index contributed by atoms with van der Waals surface area (Å²) in [7, 11) is 9.89. The Morgan fingerprint density at radius 3 is 1.41 bits per heavy atom. The molecule has 0 bridgehead atoms. The van der Waals surface area contributed by atoms with E-state index in [1.54, 1.807) is 41.5 Å². The van der Waals surface area contributed by atoms with Crippen LogP contribution in [0, 0.1) is 52.8 Å². The molecular weight excluding hydrogens is 1150 g/mol. The second kappa shape index (κ2) is 38.3. The Morgan fingerprint density at radius 1 is 0.489 bits per heavy atom. The number of rotatable bonds is 19. The highest BCUT2D eigenvalue weighted by atomic mass is 16.3. The third-order valence-electron chi connectivity index (χ3n) is 16.9. The molecule has 0 aliphatic carbocycles. The zero-order valence-electron chi connectivity index (χ0n) is 58.8. The van der Waals surface area contributed by atoms with Crippen molar-refractivity contribution in [2.45, 2.75) is 242 Å². The number of aliphatic hydroxyl groups is 1. The number of nitrogens with zero attached hydrogens (tertiary/aromatic N) is 8. The van der Waals surface area contributed by atoms with E-state index in [9.17, 15) is 43.5 Å². The van der Waals surface area contributed by atoms with Gasteiger partial charge in [-0.2, -0.15) is 5.26 Å². The maximum atomic E-state index is 15.3. The SMILES string of the molecule is CC[C@@H]1NC(=O)[C@H]([C@H](O)[C@H](C)C/C=C/CCCCC#N)N(C)C(=O)[C@H](C(C)C)N(C)C(=O)[C@H](CC(C)C)N(C)C(=O)[C@H](CC(C)C)N(C)C(=O)[C@@H](C)NC(=O)[C@H](C)NC(=O)[C@H](CC(C)C)N(C)C(=O)[C@H](C(C)C)NC(=O)[C@H](CC(C)C)N(C)C(=O)CN(C)C1=O. The van der Waals surface area contributed by atoms with E-state index in [4.69, 9.17) is 5.26 Å². The summed E-state index contributed by atoms with van der Waals surface area (Å²) in [6.07, 6.45) is 5.65. The fourth-order valence-electron chi connectivity index (χ4n) is 11.2. The average molecular weight is 1270 g/mol. The highest BCUT2D eigenvalue weighted by Crippen LogP contribution is 2.26. The maximum absolute atomic E-state index is 15.3. The Bertz CT molecular complexity index is 2500. The molecule has 1 saturated heterocycles. The van der Waals surface area contributed by atoms with Gasteiger partial charge in [-0.05, 0) is 113 Å². The second-order valence-electron chi connectivity index (χ2n) is 27.4. The van der Waals surface area contributed by atoms with Crippen LogP contribution in [0.3, 0.4) is 0 Å². The summed E-state index contributed by atoms with van der Waals surface area (Å²) in [5, 5.41) is 32.3. The number of hydrogen-bond acceptors (Lipinski definition) is 13.